The van der Waals surface area contributed by atoms with E-state index in [-0.39, 0.29) is 25.3 Å². The molecule has 2 aliphatic rings. The van der Waals surface area contributed by atoms with Crippen LogP contribution < -0.4 is 16.0 Å². The standard InChI is InChI=1S/C41H71N7O9/c1-14-23(6)21-28-40(56)45(11)27(10)39(55)48-20-18-17-19-29(48)35(51)44-31(33(49)22(4)5)36(52)43-30(24(7)15-2)41(57)46(12)26(9)38(54)47(13)32(37(53)42-28)34(50)25(8)16-3/h14,22-34,49-50H,1,15-21H2,2-13H3,(H,42,53)(H,43,52)(H,44,51)/t23?,24-,25?,26-,27-,28-,29-,30-,31-,32-,33?,34?/m0/s1. The summed E-state index contributed by atoms with van der Waals surface area (Å²) in [5, 5.41) is 31.1. The first-order valence-corrected chi connectivity index (χ1v) is 20.6. The number of hydrogen-bond donors (Lipinski definition) is 5. The molecule has 5 N–H and O–H groups in total. The number of aliphatic hydroxyl groups excluding tert-OH is 2. The summed E-state index contributed by atoms with van der Waals surface area (Å²) in [4.78, 5) is 104. The van der Waals surface area contributed by atoms with Crippen LogP contribution in [0.5, 0.6) is 0 Å². The van der Waals surface area contributed by atoms with Crippen LogP contribution in [0.3, 0.4) is 0 Å². The van der Waals surface area contributed by atoms with Crippen molar-refractivity contribution in [2.45, 2.75) is 155 Å². The number of carbonyl (C=O) groups excluding carboxylic acids is 7. The highest BCUT2D eigenvalue weighted by atomic mass is 16.3. The Kier molecular flexibility index (Phi) is 18.6. The van der Waals surface area contributed by atoms with E-state index in [9.17, 15) is 43.8 Å². The summed E-state index contributed by atoms with van der Waals surface area (Å²) >= 11 is 0. The number of aliphatic hydroxyl groups is 2. The predicted octanol–water partition coefficient (Wildman–Crippen LogP) is 1.04. The fourth-order valence-electron chi connectivity index (χ4n) is 7.24. The molecule has 57 heavy (non-hydrogen) atoms. The Morgan fingerprint density at radius 3 is 1.81 bits per heavy atom. The Hall–Kier alpha value is -4.05. The number of likely N-dealkylation sites (N-methyl/N-ethyl adjacent to an activating group) is 3. The molecule has 0 saturated carbocycles. The SMILES string of the molecule is C=CC(C)C[C@@H]1NC(=O)[C@H](C(O)C(C)CC)N(C)C(=O)[C@H](C)N(C)C(=O)[C@H]([C@@H](C)CC)NC(=O)[C@H](C(O)C(C)C)NC(=O)[C@@H]2CCCCN2C(=O)[C@H](C)N(C)C1=O. The van der Waals surface area contributed by atoms with E-state index in [2.05, 4.69) is 22.5 Å². The molecule has 2 aliphatic heterocycles. The minimum absolute atomic E-state index is 0.0864. The van der Waals surface area contributed by atoms with Crippen molar-refractivity contribution in [2.24, 2.45) is 23.7 Å². The lowest BCUT2D eigenvalue weighted by molar-refractivity contribution is -0.153. The zero-order chi connectivity index (χ0) is 43.6. The third kappa shape index (κ3) is 11.8. The minimum atomic E-state index is -1.51. The quantitative estimate of drug-likeness (QED) is 0.200. The van der Waals surface area contributed by atoms with E-state index < -0.39 is 114 Å². The minimum Gasteiger partial charge on any atom is -0.390 e. The van der Waals surface area contributed by atoms with Gasteiger partial charge in [0.15, 0.2) is 0 Å². The number of amides is 7. The maximum absolute atomic E-state index is 14.3. The summed E-state index contributed by atoms with van der Waals surface area (Å²) in [6.07, 6.45) is 1.31. The van der Waals surface area contributed by atoms with Crippen LogP contribution in [0.4, 0.5) is 0 Å². The van der Waals surface area contributed by atoms with Crippen molar-refractivity contribution in [3.05, 3.63) is 12.7 Å². The van der Waals surface area contributed by atoms with Gasteiger partial charge in [-0.3, -0.25) is 33.6 Å². The number of nitrogens with one attached hydrogen (secondary N) is 3. The lowest BCUT2D eigenvalue weighted by Crippen LogP contribution is -2.64. The molecule has 12 atom stereocenters. The van der Waals surface area contributed by atoms with Crippen molar-refractivity contribution in [1.29, 1.82) is 0 Å². The van der Waals surface area contributed by atoms with E-state index >= 15 is 0 Å². The van der Waals surface area contributed by atoms with E-state index in [0.717, 1.165) is 9.80 Å². The molecular weight excluding hydrogens is 734 g/mol. The van der Waals surface area contributed by atoms with Gasteiger partial charge in [0.25, 0.3) is 0 Å². The van der Waals surface area contributed by atoms with Gasteiger partial charge in [-0.05, 0) is 63.2 Å². The molecular formula is C41H71N7O9. The maximum Gasteiger partial charge on any atom is 0.246 e. The van der Waals surface area contributed by atoms with Crippen LogP contribution in [0.15, 0.2) is 12.7 Å². The number of nitrogens with zero attached hydrogens (tertiary/aromatic N) is 4. The molecule has 2 heterocycles. The van der Waals surface area contributed by atoms with E-state index in [4.69, 9.17) is 0 Å². The summed E-state index contributed by atoms with van der Waals surface area (Å²) in [5.74, 6) is -6.45. The molecule has 0 bridgehead atoms. The van der Waals surface area contributed by atoms with Crippen molar-refractivity contribution in [2.75, 3.05) is 27.7 Å². The molecule has 324 valence electrons. The van der Waals surface area contributed by atoms with Crippen molar-refractivity contribution in [3.8, 4) is 0 Å². The Labute approximate surface area is 339 Å². The fraction of sp³-hybridized carbons (Fsp3) is 0.780. The molecule has 7 amide bonds. The summed E-state index contributed by atoms with van der Waals surface area (Å²) in [7, 11) is 4.18. The molecule has 16 heteroatoms. The van der Waals surface area contributed by atoms with Gasteiger partial charge in [0.05, 0.1) is 12.2 Å². The summed E-state index contributed by atoms with van der Waals surface area (Å²) < 4.78 is 0. The number of fused-ring (bicyclic) bond motifs is 1. The largest absolute Gasteiger partial charge is 0.390 e. The van der Waals surface area contributed by atoms with Crippen molar-refractivity contribution in [1.82, 2.24) is 35.6 Å². The average molecular weight is 806 g/mol. The molecule has 4 unspecified atom stereocenters. The number of allylic oxidation sites excluding steroid dienone is 1. The van der Waals surface area contributed by atoms with Crippen LogP contribution in [0.1, 0.15) is 101 Å². The average Bonchev–Trinajstić information content (AvgIpc) is 3.20. The third-order valence-electron chi connectivity index (χ3n) is 12.3. The smallest absolute Gasteiger partial charge is 0.246 e. The van der Waals surface area contributed by atoms with Gasteiger partial charge < -0.3 is 45.8 Å². The second kappa shape index (κ2) is 21.6. The van der Waals surface area contributed by atoms with Crippen LogP contribution >= 0.6 is 0 Å². The van der Waals surface area contributed by atoms with E-state index in [1.165, 1.54) is 44.8 Å². The normalized spacial score (nSPS) is 29.7. The highest BCUT2D eigenvalue weighted by Crippen LogP contribution is 2.23. The molecule has 0 aliphatic carbocycles. The van der Waals surface area contributed by atoms with Gasteiger partial charge in [-0.2, -0.15) is 0 Å². The highest BCUT2D eigenvalue weighted by molar-refractivity contribution is 5.98. The van der Waals surface area contributed by atoms with Gasteiger partial charge >= 0.3 is 0 Å². The Morgan fingerprint density at radius 1 is 0.702 bits per heavy atom. The number of piperidine rings is 1. The lowest BCUT2D eigenvalue weighted by atomic mass is 9.92. The van der Waals surface area contributed by atoms with E-state index in [1.807, 2.05) is 20.8 Å². The van der Waals surface area contributed by atoms with Gasteiger partial charge in [-0.15, -0.1) is 6.58 Å². The maximum atomic E-state index is 14.3. The van der Waals surface area contributed by atoms with Gasteiger partial charge in [0, 0.05) is 27.7 Å². The lowest BCUT2D eigenvalue weighted by Gasteiger charge is -2.40. The molecule has 16 nitrogen and oxygen atoms in total. The summed E-state index contributed by atoms with van der Waals surface area (Å²) in [5.41, 5.74) is 0. The summed E-state index contributed by atoms with van der Waals surface area (Å²) in [6, 6.07) is -8.69. The number of carbonyl (C=O) groups is 7. The van der Waals surface area contributed by atoms with Gasteiger partial charge in [-0.25, -0.2) is 0 Å². The first-order valence-electron chi connectivity index (χ1n) is 20.6. The molecule has 2 fully saturated rings. The van der Waals surface area contributed by atoms with Crippen LogP contribution in [0, 0.1) is 23.7 Å². The van der Waals surface area contributed by atoms with Crippen LogP contribution in [0.25, 0.3) is 0 Å². The molecule has 0 aromatic heterocycles. The van der Waals surface area contributed by atoms with Gasteiger partial charge in [-0.1, -0.05) is 67.4 Å². The van der Waals surface area contributed by atoms with Crippen molar-refractivity contribution < 1.29 is 43.8 Å². The summed E-state index contributed by atoms with van der Waals surface area (Å²) in [6.45, 7) is 19.3. The molecule has 0 radical (unpaired) electrons. The Balaban J connectivity index is 2.85. The Morgan fingerprint density at radius 2 is 1.26 bits per heavy atom. The van der Waals surface area contributed by atoms with Crippen molar-refractivity contribution >= 4 is 41.4 Å². The van der Waals surface area contributed by atoms with Crippen LogP contribution in [0.2, 0.25) is 0 Å². The number of rotatable bonds is 10. The first-order chi connectivity index (χ1) is 26.6. The highest BCUT2D eigenvalue weighted by Gasteiger charge is 2.44. The second-order valence-corrected chi connectivity index (χ2v) is 16.7. The molecule has 2 saturated heterocycles. The third-order valence-corrected chi connectivity index (χ3v) is 12.3. The zero-order valence-corrected chi connectivity index (χ0v) is 36.3. The van der Waals surface area contributed by atoms with E-state index in [0.29, 0.717) is 25.7 Å². The van der Waals surface area contributed by atoms with E-state index in [1.54, 1.807) is 33.8 Å². The van der Waals surface area contributed by atoms with Crippen molar-refractivity contribution in [3.63, 3.8) is 0 Å². The monoisotopic (exact) mass is 806 g/mol. The van der Waals surface area contributed by atoms with Gasteiger partial charge in [0.2, 0.25) is 41.4 Å². The Bertz CT molecular complexity index is 1460. The second-order valence-electron chi connectivity index (χ2n) is 16.7. The fourth-order valence-corrected chi connectivity index (χ4v) is 7.24. The first kappa shape index (κ1) is 49.1. The molecule has 0 aromatic carbocycles. The predicted molar refractivity (Wildman–Crippen MR) is 216 cm³/mol. The van der Waals surface area contributed by atoms with Crippen LogP contribution in [-0.2, 0) is 33.6 Å². The zero-order valence-electron chi connectivity index (χ0n) is 36.3. The molecule has 2 rings (SSSR count). The van der Waals surface area contributed by atoms with Gasteiger partial charge in [0.1, 0.15) is 42.3 Å². The topological polar surface area (TPSA) is 209 Å². The number of hydrogen-bond acceptors (Lipinski definition) is 9. The molecule has 0 aromatic rings. The molecule has 0 spiro atoms. The van der Waals surface area contributed by atoms with Crippen LogP contribution in [-0.4, -0.2) is 153 Å².